The molecule has 2 N–H and O–H groups in total. The summed E-state index contributed by atoms with van der Waals surface area (Å²) < 4.78 is 0. The molecule has 2 aromatic carbocycles. The van der Waals surface area contributed by atoms with Gasteiger partial charge in [-0.15, -0.1) is 0 Å². The summed E-state index contributed by atoms with van der Waals surface area (Å²) in [5.41, 5.74) is 8.75. The van der Waals surface area contributed by atoms with Crippen LogP contribution in [0.2, 0.25) is 0 Å². The quantitative estimate of drug-likeness (QED) is 0.806. The first-order valence-electron chi connectivity index (χ1n) is 5.84. The van der Waals surface area contributed by atoms with Gasteiger partial charge in [-0.3, -0.25) is 0 Å². The monoisotopic (exact) mass is 213 g/mol. The van der Waals surface area contributed by atoms with Gasteiger partial charge in [0.25, 0.3) is 0 Å². The van der Waals surface area contributed by atoms with E-state index in [0.29, 0.717) is 5.92 Å². The van der Waals surface area contributed by atoms with Crippen molar-refractivity contribution in [1.82, 2.24) is 0 Å². The summed E-state index contributed by atoms with van der Waals surface area (Å²) in [4.78, 5) is 0. The van der Waals surface area contributed by atoms with Crippen LogP contribution in [0.4, 0.5) is 0 Å². The van der Waals surface area contributed by atoms with Crippen LogP contribution in [0.25, 0.3) is 10.8 Å². The molecule has 0 aliphatic rings. The highest BCUT2D eigenvalue weighted by Crippen LogP contribution is 2.26. The Balaban J connectivity index is 2.58. The fourth-order valence-corrected chi connectivity index (χ4v) is 2.11. The van der Waals surface area contributed by atoms with E-state index in [-0.39, 0.29) is 6.04 Å². The van der Waals surface area contributed by atoms with Crippen LogP contribution in [0.3, 0.4) is 0 Å². The molecule has 1 heteroatoms. The Labute approximate surface area is 97.3 Å². The van der Waals surface area contributed by atoms with Crippen LogP contribution in [-0.4, -0.2) is 0 Å². The number of hydrogen-bond acceptors (Lipinski definition) is 1. The van der Waals surface area contributed by atoms with E-state index in [4.69, 9.17) is 5.73 Å². The summed E-state index contributed by atoms with van der Waals surface area (Å²) in [6.07, 6.45) is 0. The molecule has 0 saturated carbocycles. The summed E-state index contributed by atoms with van der Waals surface area (Å²) in [6.45, 7) is 6.48. The molecule has 0 bridgehead atoms. The van der Waals surface area contributed by atoms with Crippen molar-refractivity contribution in [3.63, 3.8) is 0 Å². The lowest BCUT2D eigenvalue weighted by atomic mass is 9.93. The SMILES string of the molecule is Cc1cc(C(N)C(C)C)cc2ccccc12. The summed E-state index contributed by atoms with van der Waals surface area (Å²) >= 11 is 0. The van der Waals surface area contributed by atoms with Crippen LogP contribution in [0, 0.1) is 12.8 Å². The summed E-state index contributed by atoms with van der Waals surface area (Å²) in [7, 11) is 0. The van der Waals surface area contributed by atoms with Gasteiger partial charge in [-0.1, -0.05) is 44.2 Å². The van der Waals surface area contributed by atoms with E-state index in [1.807, 2.05) is 0 Å². The van der Waals surface area contributed by atoms with Crippen molar-refractivity contribution in [1.29, 1.82) is 0 Å². The topological polar surface area (TPSA) is 26.0 Å². The standard InChI is InChI=1S/C15H19N/c1-10(2)15(16)13-8-11(3)14-7-5-4-6-12(14)9-13/h4-10,15H,16H2,1-3H3. The van der Waals surface area contributed by atoms with E-state index in [9.17, 15) is 0 Å². The molecule has 16 heavy (non-hydrogen) atoms. The van der Waals surface area contributed by atoms with E-state index < -0.39 is 0 Å². The van der Waals surface area contributed by atoms with Crippen molar-refractivity contribution < 1.29 is 0 Å². The smallest absolute Gasteiger partial charge is 0.0318 e. The van der Waals surface area contributed by atoms with Gasteiger partial charge in [-0.05, 0) is 40.8 Å². The molecule has 2 rings (SSSR count). The molecular weight excluding hydrogens is 194 g/mol. The first-order chi connectivity index (χ1) is 7.59. The molecule has 84 valence electrons. The largest absolute Gasteiger partial charge is 0.324 e. The highest BCUT2D eigenvalue weighted by molar-refractivity contribution is 5.86. The molecule has 0 saturated heterocycles. The number of hydrogen-bond donors (Lipinski definition) is 1. The van der Waals surface area contributed by atoms with Gasteiger partial charge in [0.2, 0.25) is 0 Å². The number of nitrogens with two attached hydrogens (primary N) is 1. The highest BCUT2D eigenvalue weighted by Gasteiger charge is 2.11. The Morgan fingerprint density at radius 1 is 1.06 bits per heavy atom. The lowest BCUT2D eigenvalue weighted by Crippen LogP contribution is -2.16. The molecule has 0 aliphatic heterocycles. The molecule has 1 unspecified atom stereocenters. The summed E-state index contributed by atoms with van der Waals surface area (Å²) in [5, 5.41) is 2.61. The number of aryl methyl sites for hydroxylation is 1. The Hall–Kier alpha value is -1.34. The third-order valence-corrected chi connectivity index (χ3v) is 3.19. The number of benzene rings is 2. The lowest BCUT2D eigenvalue weighted by Gasteiger charge is -2.17. The van der Waals surface area contributed by atoms with Gasteiger partial charge in [0.1, 0.15) is 0 Å². The minimum absolute atomic E-state index is 0.128. The van der Waals surface area contributed by atoms with Crippen LogP contribution in [0.5, 0.6) is 0 Å². The predicted octanol–water partition coefficient (Wildman–Crippen LogP) is 3.80. The highest BCUT2D eigenvalue weighted by atomic mass is 14.6. The van der Waals surface area contributed by atoms with Crippen molar-refractivity contribution in [2.24, 2.45) is 11.7 Å². The molecule has 2 aromatic rings. The Morgan fingerprint density at radius 3 is 2.44 bits per heavy atom. The Kier molecular flexibility index (Phi) is 2.97. The van der Waals surface area contributed by atoms with Gasteiger partial charge in [-0.2, -0.15) is 0 Å². The second-order valence-corrected chi connectivity index (χ2v) is 4.83. The van der Waals surface area contributed by atoms with Crippen LogP contribution >= 0.6 is 0 Å². The van der Waals surface area contributed by atoms with Gasteiger partial charge in [-0.25, -0.2) is 0 Å². The zero-order valence-corrected chi connectivity index (χ0v) is 10.2. The van der Waals surface area contributed by atoms with E-state index in [2.05, 4.69) is 57.2 Å². The zero-order chi connectivity index (χ0) is 11.7. The lowest BCUT2D eigenvalue weighted by molar-refractivity contribution is 0.514. The third-order valence-electron chi connectivity index (χ3n) is 3.19. The molecule has 1 nitrogen and oxygen atoms in total. The molecule has 0 fully saturated rings. The average molecular weight is 213 g/mol. The van der Waals surface area contributed by atoms with Crippen molar-refractivity contribution in [2.75, 3.05) is 0 Å². The van der Waals surface area contributed by atoms with Crippen molar-refractivity contribution in [3.8, 4) is 0 Å². The Bertz CT molecular complexity index is 500. The van der Waals surface area contributed by atoms with Gasteiger partial charge >= 0.3 is 0 Å². The van der Waals surface area contributed by atoms with E-state index in [1.54, 1.807) is 0 Å². The number of fused-ring (bicyclic) bond motifs is 1. The molecule has 0 amide bonds. The maximum Gasteiger partial charge on any atom is 0.0318 e. The van der Waals surface area contributed by atoms with Gasteiger partial charge < -0.3 is 5.73 Å². The van der Waals surface area contributed by atoms with Crippen LogP contribution in [0.1, 0.15) is 31.0 Å². The first kappa shape index (κ1) is 11.2. The number of rotatable bonds is 2. The van der Waals surface area contributed by atoms with Crippen molar-refractivity contribution in [3.05, 3.63) is 47.5 Å². The minimum atomic E-state index is 0.128. The van der Waals surface area contributed by atoms with E-state index in [1.165, 1.54) is 21.9 Å². The van der Waals surface area contributed by atoms with Gasteiger partial charge in [0.05, 0.1) is 0 Å². The maximum absolute atomic E-state index is 6.20. The van der Waals surface area contributed by atoms with Crippen molar-refractivity contribution in [2.45, 2.75) is 26.8 Å². The second kappa shape index (κ2) is 4.26. The Morgan fingerprint density at radius 2 is 1.75 bits per heavy atom. The fraction of sp³-hybridized carbons (Fsp3) is 0.333. The second-order valence-electron chi connectivity index (χ2n) is 4.83. The molecule has 0 heterocycles. The zero-order valence-electron chi connectivity index (χ0n) is 10.2. The minimum Gasteiger partial charge on any atom is -0.324 e. The molecule has 0 aromatic heterocycles. The van der Waals surface area contributed by atoms with E-state index in [0.717, 1.165) is 0 Å². The first-order valence-corrected chi connectivity index (χ1v) is 5.84. The van der Waals surface area contributed by atoms with Crippen LogP contribution in [0.15, 0.2) is 36.4 Å². The summed E-state index contributed by atoms with van der Waals surface area (Å²) in [6, 6.07) is 13.0. The predicted molar refractivity (Wildman–Crippen MR) is 70.5 cm³/mol. The molecule has 0 spiro atoms. The van der Waals surface area contributed by atoms with Crippen LogP contribution in [-0.2, 0) is 0 Å². The third kappa shape index (κ3) is 1.96. The van der Waals surface area contributed by atoms with Gasteiger partial charge in [0.15, 0.2) is 0 Å². The van der Waals surface area contributed by atoms with Crippen LogP contribution < -0.4 is 5.73 Å². The molecular formula is C15H19N. The molecule has 0 aliphatic carbocycles. The fourth-order valence-electron chi connectivity index (χ4n) is 2.11. The average Bonchev–Trinajstić information content (AvgIpc) is 2.28. The molecule has 0 radical (unpaired) electrons. The maximum atomic E-state index is 6.20. The van der Waals surface area contributed by atoms with Gasteiger partial charge in [0, 0.05) is 6.04 Å². The van der Waals surface area contributed by atoms with E-state index >= 15 is 0 Å². The summed E-state index contributed by atoms with van der Waals surface area (Å²) in [5.74, 6) is 0.473. The normalized spacial score (nSPS) is 13.3. The van der Waals surface area contributed by atoms with Crippen molar-refractivity contribution >= 4 is 10.8 Å². The molecule has 1 atom stereocenters.